The monoisotopic (exact) mass is 499 g/mol. The smallest absolute Gasteiger partial charge is 0.418 e. The second kappa shape index (κ2) is 8.92. The summed E-state index contributed by atoms with van der Waals surface area (Å²) < 4.78 is 45.3. The molecule has 2 amide bonds. The van der Waals surface area contributed by atoms with E-state index in [1.54, 1.807) is 18.2 Å². The number of anilines is 1. The Morgan fingerprint density at radius 1 is 1.27 bits per heavy atom. The zero-order valence-electron chi connectivity index (χ0n) is 15.0. The van der Waals surface area contributed by atoms with Gasteiger partial charge < -0.3 is 15.4 Å². The predicted molar refractivity (Wildman–Crippen MR) is 111 cm³/mol. The molecular formula is C19H13BrF3N3O3S. The van der Waals surface area contributed by atoms with Gasteiger partial charge >= 0.3 is 6.18 Å². The third-order valence-corrected chi connectivity index (χ3v) is 5.11. The van der Waals surface area contributed by atoms with Gasteiger partial charge in [-0.25, -0.2) is 0 Å². The van der Waals surface area contributed by atoms with Crippen LogP contribution >= 0.6 is 27.7 Å². The SMILES string of the molecule is N=C1NC(=O)/C(=C/c2cc(Br)ccc2OCC(=O)Nc2ccccc2C(F)(F)F)S1. The Labute approximate surface area is 181 Å². The van der Waals surface area contributed by atoms with Crippen LogP contribution in [0.1, 0.15) is 11.1 Å². The molecule has 0 unspecified atom stereocenters. The summed E-state index contributed by atoms with van der Waals surface area (Å²) in [5, 5.41) is 12.0. The Bertz CT molecular complexity index is 1060. The fourth-order valence-corrected chi connectivity index (χ4v) is 3.59. The number of para-hydroxylation sites is 1. The molecule has 0 saturated carbocycles. The van der Waals surface area contributed by atoms with Gasteiger partial charge in [-0.1, -0.05) is 28.1 Å². The molecule has 0 spiro atoms. The van der Waals surface area contributed by atoms with Gasteiger partial charge in [0.15, 0.2) is 11.8 Å². The first kappa shape index (κ1) is 21.9. The summed E-state index contributed by atoms with van der Waals surface area (Å²) in [7, 11) is 0. The van der Waals surface area contributed by atoms with Gasteiger partial charge in [-0.2, -0.15) is 13.2 Å². The standard InChI is InChI=1S/C19H13BrF3N3O3S/c20-11-5-6-14(10(7-11)8-15-17(28)26-18(24)30-15)29-9-16(27)25-13-4-2-1-3-12(13)19(21,22)23/h1-8H,9H2,(H,25,27)(H2,24,26,28)/b15-8-. The highest BCUT2D eigenvalue weighted by molar-refractivity contribution is 9.10. The number of carbonyl (C=O) groups is 2. The van der Waals surface area contributed by atoms with Crippen LogP contribution in [0.25, 0.3) is 6.08 Å². The molecule has 1 fully saturated rings. The van der Waals surface area contributed by atoms with Gasteiger partial charge in [-0.15, -0.1) is 0 Å². The average Bonchev–Trinajstić information content (AvgIpc) is 2.97. The van der Waals surface area contributed by atoms with Gasteiger partial charge in [0, 0.05) is 10.0 Å². The molecule has 156 valence electrons. The fraction of sp³-hybridized carbons (Fsp3) is 0.105. The minimum atomic E-state index is -4.61. The van der Waals surface area contributed by atoms with E-state index in [0.717, 1.165) is 23.9 Å². The molecule has 11 heteroatoms. The molecule has 2 aromatic carbocycles. The summed E-state index contributed by atoms with van der Waals surface area (Å²) in [6.07, 6.45) is -3.11. The lowest BCUT2D eigenvalue weighted by molar-refractivity contribution is -0.137. The molecule has 6 nitrogen and oxygen atoms in total. The van der Waals surface area contributed by atoms with E-state index >= 15 is 0 Å². The number of amidine groups is 1. The summed E-state index contributed by atoms with van der Waals surface area (Å²) in [6, 6.07) is 9.49. The minimum absolute atomic E-state index is 0.00794. The summed E-state index contributed by atoms with van der Waals surface area (Å²) in [5.41, 5.74) is -0.867. The maximum atomic E-state index is 13.1. The number of ether oxygens (including phenoxy) is 1. The van der Waals surface area contributed by atoms with Crippen molar-refractivity contribution in [2.24, 2.45) is 0 Å². The molecule has 3 N–H and O–H groups in total. The summed E-state index contributed by atoms with van der Waals surface area (Å²) >= 11 is 4.24. The lowest BCUT2D eigenvalue weighted by atomic mass is 10.1. The Balaban J connectivity index is 1.74. The van der Waals surface area contributed by atoms with Crippen LogP contribution in [-0.4, -0.2) is 23.6 Å². The van der Waals surface area contributed by atoms with Crippen molar-refractivity contribution in [2.45, 2.75) is 6.18 Å². The van der Waals surface area contributed by atoms with Crippen molar-refractivity contribution in [1.82, 2.24) is 5.32 Å². The lowest BCUT2D eigenvalue weighted by Crippen LogP contribution is -2.22. The normalized spacial score (nSPS) is 15.3. The van der Waals surface area contributed by atoms with E-state index < -0.39 is 30.2 Å². The third-order valence-electron chi connectivity index (χ3n) is 3.79. The minimum Gasteiger partial charge on any atom is -0.483 e. The number of halogens is 4. The van der Waals surface area contributed by atoms with E-state index in [2.05, 4.69) is 26.6 Å². The van der Waals surface area contributed by atoms with Crippen molar-refractivity contribution in [1.29, 1.82) is 5.41 Å². The maximum absolute atomic E-state index is 13.1. The van der Waals surface area contributed by atoms with Crippen LogP contribution in [0, 0.1) is 5.41 Å². The van der Waals surface area contributed by atoms with E-state index in [0.29, 0.717) is 10.0 Å². The van der Waals surface area contributed by atoms with Gasteiger partial charge in [-0.3, -0.25) is 15.0 Å². The van der Waals surface area contributed by atoms with Gasteiger partial charge in [0.05, 0.1) is 16.2 Å². The van der Waals surface area contributed by atoms with Crippen LogP contribution in [0.4, 0.5) is 18.9 Å². The van der Waals surface area contributed by atoms with Crippen molar-refractivity contribution in [3.05, 3.63) is 63.0 Å². The Kier molecular flexibility index (Phi) is 6.52. The Morgan fingerprint density at radius 2 is 2.00 bits per heavy atom. The molecule has 1 aliphatic heterocycles. The number of nitrogens with one attached hydrogen (secondary N) is 3. The summed E-state index contributed by atoms with van der Waals surface area (Å²) in [4.78, 5) is 24.2. The van der Waals surface area contributed by atoms with Crippen molar-refractivity contribution in [3.63, 3.8) is 0 Å². The number of hydrogen-bond acceptors (Lipinski definition) is 5. The van der Waals surface area contributed by atoms with E-state index in [4.69, 9.17) is 10.1 Å². The first-order chi connectivity index (χ1) is 14.1. The average molecular weight is 500 g/mol. The predicted octanol–water partition coefficient (Wildman–Crippen LogP) is 4.62. The second-order valence-electron chi connectivity index (χ2n) is 5.96. The summed E-state index contributed by atoms with van der Waals surface area (Å²) in [6.45, 7) is -0.543. The van der Waals surface area contributed by atoms with Crippen LogP contribution in [0.15, 0.2) is 51.8 Å². The van der Waals surface area contributed by atoms with Gasteiger partial charge in [-0.05, 0) is 48.2 Å². The molecule has 0 bridgehead atoms. The highest BCUT2D eigenvalue weighted by atomic mass is 79.9. The zero-order chi connectivity index (χ0) is 21.9. The fourth-order valence-electron chi connectivity index (χ4n) is 2.52. The lowest BCUT2D eigenvalue weighted by Gasteiger charge is -2.14. The van der Waals surface area contributed by atoms with E-state index in [-0.39, 0.29) is 21.5 Å². The van der Waals surface area contributed by atoms with Crippen molar-refractivity contribution >= 4 is 56.4 Å². The van der Waals surface area contributed by atoms with Gasteiger partial charge in [0.25, 0.3) is 11.8 Å². The van der Waals surface area contributed by atoms with Crippen LogP contribution in [-0.2, 0) is 15.8 Å². The number of benzene rings is 2. The maximum Gasteiger partial charge on any atom is 0.418 e. The quantitative estimate of drug-likeness (QED) is 0.523. The molecule has 0 aliphatic carbocycles. The first-order valence-electron chi connectivity index (χ1n) is 8.31. The molecular weight excluding hydrogens is 487 g/mol. The Morgan fingerprint density at radius 3 is 2.67 bits per heavy atom. The van der Waals surface area contributed by atoms with Gasteiger partial charge in [0.1, 0.15) is 5.75 Å². The number of hydrogen-bond donors (Lipinski definition) is 3. The Hall–Kier alpha value is -2.79. The molecule has 1 saturated heterocycles. The number of amides is 2. The van der Waals surface area contributed by atoms with Crippen LogP contribution in [0.2, 0.25) is 0 Å². The molecule has 0 atom stereocenters. The number of rotatable bonds is 5. The van der Waals surface area contributed by atoms with Gasteiger partial charge in [0.2, 0.25) is 0 Å². The first-order valence-corrected chi connectivity index (χ1v) is 9.92. The third kappa shape index (κ3) is 5.42. The molecule has 1 aliphatic rings. The van der Waals surface area contributed by atoms with Crippen molar-refractivity contribution in [2.75, 3.05) is 11.9 Å². The molecule has 2 aromatic rings. The number of thioether (sulfide) groups is 1. The van der Waals surface area contributed by atoms with E-state index in [1.807, 2.05) is 0 Å². The molecule has 0 aromatic heterocycles. The number of alkyl halides is 3. The van der Waals surface area contributed by atoms with Crippen molar-refractivity contribution in [3.8, 4) is 5.75 Å². The zero-order valence-corrected chi connectivity index (χ0v) is 17.4. The largest absolute Gasteiger partial charge is 0.483 e. The second-order valence-corrected chi connectivity index (χ2v) is 7.92. The molecule has 3 rings (SSSR count). The van der Waals surface area contributed by atoms with Crippen LogP contribution < -0.4 is 15.4 Å². The van der Waals surface area contributed by atoms with Crippen LogP contribution in [0.3, 0.4) is 0 Å². The van der Waals surface area contributed by atoms with E-state index in [9.17, 15) is 22.8 Å². The summed E-state index contributed by atoms with van der Waals surface area (Å²) in [5.74, 6) is -0.961. The molecule has 1 heterocycles. The highest BCUT2D eigenvalue weighted by Gasteiger charge is 2.33. The molecule has 0 radical (unpaired) electrons. The molecule has 30 heavy (non-hydrogen) atoms. The topological polar surface area (TPSA) is 91.3 Å². The van der Waals surface area contributed by atoms with E-state index in [1.165, 1.54) is 18.2 Å². The number of carbonyl (C=O) groups excluding carboxylic acids is 2. The van der Waals surface area contributed by atoms with Crippen LogP contribution in [0.5, 0.6) is 5.75 Å². The highest BCUT2D eigenvalue weighted by Crippen LogP contribution is 2.34. The van der Waals surface area contributed by atoms with Crippen molar-refractivity contribution < 1.29 is 27.5 Å².